The van der Waals surface area contributed by atoms with Crippen molar-refractivity contribution in [3.8, 4) is 0 Å². The predicted molar refractivity (Wildman–Crippen MR) is 71.1 cm³/mol. The Morgan fingerprint density at radius 2 is 1.61 bits per heavy atom. The number of rotatable bonds is 2. The number of halogens is 4. The van der Waals surface area contributed by atoms with Gasteiger partial charge in [-0.15, -0.1) is 12.4 Å². The minimum Gasteiger partial charge on any atom is -0.320 e. The highest BCUT2D eigenvalue weighted by Gasteiger charge is 2.15. The average molecular weight is 290 g/mol. The molecule has 0 aromatic heterocycles. The summed E-state index contributed by atoms with van der Waals surface area (Å²) < 4.78 is 26.6. The molecule has 0 aliphatic heterocycles. The summed E-state index contributed by atoms with van der Waals surface area (Å²) in [7, 11) is 0. The van der Waals surface area contributed by atoms with Crippen LogP contribution in [0.4, 0.5) is 8.78 Å². The van der Waals surface area contributed by atoms with Crippen LogP contribution in [0.1, 0.15) is 17.2 Å². The molecule has 96 valence electrons. The molecule has 0 saturated heterocycles. The quantitative estimate of drug-likeness (QED) is 0.885. The molecular weight excluding hydrogens is 279 g/mol. The zero-order valence-electron chi connectivity index (χ0n) is 9.24. The van der Waals surface area contributed by atoms with E-state index in [-0.39, 0.29) is 18.0 Å². The topological polar surface area (TPSA) is 26.0 Å². The maximum Gasteiger partial charge on any atom is 0.163 e. The van der Waals surface area contributed by atoms with Crippen LogP contribution < -0.4 is 5.73 Å². The Balaban J connectivity index is 0.00000162. The van der Waals surface area contributed by atoms with Crippen molar-refractivity contribution in [1.82, 2.24) is 0 Å². The highest BCUT2D eigenvalue weighted by atomic mass is 35.5. The number of hydrogen-bond donors (Lipinski definition) is 1. The molecule has 2 N–H and O–H groups in total. The Bertz CT molecular complexity index is 529. The number of hydrogen-bond acceptors (Lipinski definition) is 1. The maximum absolute atomic E-state index is 13.5. The Morgan fingerprint density at radius 3 is 2.22 bits per heavy atom. The van der Waals surface area contributed by atoms with E-state index < -0.39 is 17.7 Å². The first kappa shape index (κ1) is 14.9. The second-order valence-corrected chi connectivity index (χ2v) is 4.11. The van der Waals surface area contributed by atoms with Crippen LogP contribution >= 0.6 is 24.0 Å². The van der Waals surface area contributed by atoms with E-state index in [1.165, 1.54) is 12.1 Å². The summed E-state index contributed by atoms with van der Waals surface area (Å²) in [6.07, 6.45) is 0. The van der Waals surface area contributed by atoms with Gasteiger partial charge in [0.25, 0.3) is 0 Å². The molecule has 2 aromatic carbocycles. The van der Waals surface area contributed by atoms with Crippen molar-refractivity contribution in [3.05, 3.63) is 70.2 Å². The highest BCUT2D eigenvalue weighted by Crippen LogP contribution is 2.24. The third-order valence-corrected chi connectivity index (χ3v) is 2.80. The molecule has 18 heavy (non-hydrogen) atoms. The minimum atomic E-state index is -0.907. The molecule has 1 atom stereocenters. The molecule has 0 radical (unpaired) electrons. The van der Waals surface area contributed by atoms with Gasteiger partial charge in [0.2, 0.25) is 0 Å². The lowest BCUT2D eigenvalue weighted by Gasteiger charge is -2.13. The summed E-state index contributed by atoms with van der Waals surface area (Å²) >= 11 is 5.74. The van der Waals surface area contributed by atoms with E-state index in [4.69, 9.17) is 17.3 Å². The molecule has 5 heteroatoms. The molecule has 0 saturated carbocycles. The molecule has 1 unspecified atom stereocenters. The summed E-state index contributed by atoms with van der Waals surface area (Å²) in [6, 6.07) is 9.97. The standard InChI is InChI=1S/C13H10ClF2N.ClH/c14-9-6-4-8(5-7-9)13(17)10-2-1-3-11(15)12(10)16;/h1-7,13H,17H2;1H. The molecule has 0 heterocycles. The van der Waals surface area contributed by atoms with Crippen molar-refractivity contribution < 1.29 is 8.78 Å². The Morgan fingerprint density at radius 1 is 1.00 bits per heavy atom. The van der Waals surface area contributed by atoms with Gasteiger partial charge in [0.1, 0.15) is 0 Å². The first-order valence-corrected chi connectivity index (χ1v) is 5.42. The van der Waals surface area contributed by atoms with E-state index in [1.807, 2.05) is 0 Å². The summed E-state index contributed by atoms with van der Waals surface area (Å²) in [4.78, 5) is 0. The fraction of sp³-hybridized carbons (Fsp3) is 0.0769. The first-order chi connectivity index (χ1) is 8.09. The van der Waals surface area contributed by atoms with Crippen LogP contribution in [0.15, 0.2) is 42.5 Å². The normalized spacial score (nSPS) is 11.8. The third kappa shape index (κ3) is 2.99. The second-order valence-electron chi connectivity index (χ2n) is 3.67. The average Bonchev–Trinajstić information content (AvgIpc) is 2.33. The SMILES string of the molecule is Cl.NC(c1ccc(Cl)cc1)c1cccc(F)c1F. The fourth-order valence-corrected chi connectivity index (χ4v) is 1.74. The van der Waals surface area contributed by atoms with Gasteiger partial charge in [-0.25, -0.2) is 8.78 Å². The monoisotopic (exact) mass is 289 g/mol. The predicted octanol–water partition coefficient (Wildman–Crippen LogP) is 4.09. The van der Waals surface area contributed by atoms with Crippen molar-refractivity contribution in [1.29, 1.82) is 0 Å². The lowest BCUT2D eigenvalue weighted by Crippen LogP contribution is -2.14. The van der Waals surface area contributed by atoms with Gasteiger partial charge in [-0.1, -0.05) is 35.9 Å². The number of benzene rings is 2. The molecular formula is C13H11Cl2F2N. The van der Waals surface area contributed by atoms with E-state index in [1.54, 1.807) is 24.3 Å². The Hall–Kier alpha value is -1.16. The van der Waals surface area contributed by atoms with E-state index in [2.05, 4.69) is 0 Å². The van der Waals surface area contributed by atoms with Gasteiger partial charge in [0, 0.05) is 10.6 Å². The number of nitrogens with two attached hydrogens (primary N) is 1. The van der Waals surface area contributed by atoms with Gasteiger partial charge in [0.05, 0.1) is 6.04 Å². The maximum atomic E-state index is 13.5. The molecule has 2 aromatic rings. The molecule has 0 aliphatic rings. The zero-order valence-corrected chi connectivity index (χ0v) is 10.8. The lowest BCUT2D eigenvalue weighted by atomic mass is 9.99. The van der Waals surface area contributed by atoms with Gasteiger partial charge in [0.15, 0.2) is 11.6 Å². The summed E-state index contributed by atoms with van der Waals surface area (Å²) in [5.74, 6) is -1.80. The summed E-state index contributed by atoms with van der Waals surface area (Å²) in [6.45, 7) is 0. The fourth-order valence-electron chi connectivity index (χ4n) is 1.61. The molecule has 1 nitrogen and oxygen atoms in total. The zero-order chi connectivity index (χ0) is 12.4. The van der Waals surface area contributed by atoms with Crippen LogP contribution in [0, 0.1) is 11.6 Å². The van der Waals surface area contributed by atoms with Gasteiger partial charge >= 0.3 is 0 Å². The van der Waals surface area contributed by atoms with Gasteiger partial charge in [-0.3, -0.25) is 0 Å². The first-order valence-electron chi connectivity index (χ1n) is 5.04. The van der Waals surface area contributed by atoms with Crippen LogP contribution in [0.25, 0.3) is 0 Å². The van der Waals surface area contributed by atoms with Crippen molar-refractivity contribution in [2.75, 3.05) is 0 Å². The van der Waals surface area contributed by atoms with Crippen LogP contribution in [-0.4, -0.2) is 0 Å². The van der Waals surface area contributed by atoms with E-state index in [0.29, 0.717) is 10.6 Å². The Kier molecular flexibility index (Phi) is 5.08. The van der Waals surface area contributed by atoms with Crippen molar-refractivity contribution in [2.45, 2.75) is 6.04 Å². The van der Waals surface area contributed by atoms with Gasteiger partial charge in [-0.2, -0.15) is 0 Å². The van der Waals surface area contributed by atoms with E-state index in [0.717, 1.165) is 6.07 Å². The molecule has 0 aliphatic carbocycles. The smallest absolute Gasteiger partial charge is 0.163 e. The van der Waals surface area contributed by atoms with Gasteiger partial charge < -0.3 is 5.73 Å². The van der Waals surface area contributed by atoms with Crippen LogP contribution in [0.3, 0.4) is 0 Å². The van der Waals surface area contributed by atoms with Crippen molar-refractivity contribution >= 4 is 24.0 Å². The van der Waals surface area contributed by atoms with Gasteiger partial charge in [-0.05, 0) is 23.8 Å². The van der Waals surface area contributed by atoms with E-state index in [9.17, 15) is 8.78 Å². The highest BCUT2D eigenvalue weighted by molar-refractivity contribution is 6.30. The van der Waals surface area contributed by atoms with Crippen LogP contribution in [0.5, 0.6) is 0 Å². The molecule has 0 fully saturated rings. The van der Waals surface area contributed by atoms with Crippen molar-refractivity contribution in [3.63, 3.8) is 0 Å². The molecule has 2 rings (SSSR count). The van der Waals surface area contributed by atoms with Crippen LogP contribution in [0.2, 0.25) is 5.02 Å². The molecule has 0 amide bonds. The molecule has 0 bridgehead atoms. The summed E-state index contributed by atoms with van der Waals surface area (Å²) in [5, 5.41) is 0.570. The second kappa shape index (κ2) is 6.14. The largest absolute Gasteiger partial charge is 0.320 e. The van der Waals surface area contributed by atoms with E-state index >= 15 is 0 Å². The minimum absolute atomic E-state index is 0. The van der Waals surface area contributed by atoms with Crippen LogP contribution in [-0.2, 0) is 0 Å². The third-order valence-electron chi connectivity index (χ3n) is 2.55. The lowest BCUT2D eigenvalue weighted by molar-refractivity contribution is 0.494. The van der Waals surface area contributed by atoms with Crippen molar-refractivity contribution in [2.24, 2.45) is 5.73 Å². The molecule has 0 spiro atoms. The summed E-state index contributed by atoms with van der Waals surface area (Å²) in [5.41, 5.74) is 6.70. The Labute approximate surface area is 115 Å².